The van der Waals surface area contributed by atoms with E-state index in [1.54, 1.807) is 0 Å². The highest BCUT2D eigenvalue weighted by Gasteiger charge is 2.20. The Bertz CT molecular complexity index is 395. The molecule has 1 aliphatic rings. The zero-order valence-corrected chi connectivity index (χ0v) is 10.5. The topological polar surface area (TPSA) is 29.5 Å². The third kappa shape index (κ3) is 2.78. The van der Waals surface area contributed by atoms with Crippen molar-refractivity contribution in [1.82, 2.24) is 0 Å². The van der Waals surface area contributed by atoms with Gasteiger partial charge in [0.05, 0.1) is 0 Å². The second-order valence-corrected chi connectivity index (χ2v) is 4.71. The maximum absolute atomic E-state index is 10.3. The molecular formula is C14H19NO2. The van der Waals surface area contributed by atoms with Gasteiger partial charge >= 0.3 is 0 Å². The predicted octanol–water partition coefficient (Wildman–Crippen LogP) is 2.45. The largest absolute Gasteiger partial charge is 0.464 e. The first-order valence-electron chi connectivity index (χ1n) is 6.12. The van der Waals surface area contributed by atoms with Crippen molar-refractivity contribution < 1.29 is 9.53 Å². The molecule has 0 radical (unpaired) electrons. The van der Waals surface area contributed by atoms with Gasteiger partial charge in [-0.25, -0.2) is 0 Å². The lowest BCUT2D eigenvalue weighted by Crippen LogP contribution is -2.37. The van der Waals surface area contributed by atoms with E-state index >= 15 is 0 Å². The van der Waals surface area contributed by atoms with Gasteiger partial charge in [-0.2, -0.15) is 0 Å². The molecule has 3 heteroatoms. The van der Waals surface area contributed by atoms with Gasteiger partial charge in [-0.15, -0.1) is 0 Å². The Hall–Kier alpha value is -1.51. The summed E-state index contributed by atoms with van der Waals surface area (Å²) >= 11 is 0. The molecule has 0 N–H and O–H groups in total. The van der Waals surface area contributed by atoms with Gasteiger partial charge in [-0.1, -0.05) is 17.7 Å². The second-order valence-electron chi connectivity index (χ2n) is 4.71. The highest BCUT2D eigenvalue weighted by Crippen LogP contribution is 2.25. The van der Waals surface area contributed by atoms with Crippen molar-refractivity contribution in [3.63, 3.8) is 0 Å². The van der Waals surface area contributed by atoms with Crippen molar-refractivity contribution >= 4 is 12.2 Å². The van der Waals surface area contributed by atoms with Crippen LogP contribution in [0.3, 0.4) is 0 Å². The third-order valence-electron chi connectivity index (χ3n) is 3.38. The number of hydrogen-bond donors (Lipinski definition) is 0. The minimum absolute atomic E-state index is 0.106. The Morgan fingerprint density at radius 3 is 2.59 bits per heavy atom. The minimum Gasteiger partial charge on any atom is -0.464 e. The van der Waals surface area contributed by atoms with E-state index in [1.165, 1.54) is 16.8 Å². The molecule has 0 saturated carbocycles. The van der Waals surface area contributed by atoms with Gasteiger partial charge < -0.3 is 9.64 Å². The van der Waals surface area contributed by atoms with Gasteiger partial charge in [0.2, 0.25) is 0 Å². The Balaban J connectivity index is 2.02. The summed E-state index contributed by atoms with van der Waals surface area (Å²) in [4.78, 5) is 12.7. The Kier molecular flexibility index (Phi) is 3.67. The third-order valence-corrected chi connectivity index (χ3v) is 3.38. The average molecular weight is 233 g/mol. The number of carbonyl (C=O) groups excluding carboxylic acids is 1. The molecule has 0 atom stereocenters. The lowest BCUT2D eigenvalue weighted by molar-refractivity contribution is -0.134. The first kappa shape index (κ1) is 12.0. The van der Waals surface area contributed by atoms with Gasteiger partial charge in [0, 0.05) is 31.6 Å². The van der Waals surface area contributed by atoms with Gasteiger partial charge in [-0.3, -0.25) is 4.79 Å². The molecule has 1 saturated heterocycles. The number of ether oxygens (including phenoxy) is 1. The summed E-state index contributed by atoms with van der Waals surface area (Å²) in [6.07, 6.45) is 1.95. The van der Waals surface area contributed by atoms with E-state index in [0.29, 0.717) is 6.47 Å². The van der Waals surface area contributed by atoms with Crippen molar-refractivity contribution in [2.45, 2.75) is 32.8 Å². The number of nitrogens with zero attached hydrogens (tertiary/aromatic N) is 1. The first-order chi connectivity index (χ1) is 8.20. The van der Waals surface area contributed by atoms with Crippen LogP contribution in [0.25, 0.3) is 0 Å². The fourth-order valence-electron chi connectivity index (χ4n) is 2.47. The van der Waals surface area contributed by atoms with E-state index in [4.69, 9.17) is 4.74 Å². The number of hydrogen-bond acceptors (Lipinski definition) is 3. The van der Waals surface area contributed by atoms with Crippen LogP contribution in [0, 0.1) is 13.8 Å². The van der Waals surface area contributed by atoms with E-state index in [0.717, 1.165) is 25.9 Å². The van der Waals surface area contributed by atoms with Crippen molar-refractivity contribution in [1.29, 1.82) is 0 Å². The molecule has 92 valence electrons. The summed E-state index contributed by atoms with van der Waals surface area (Å²) < 4.78 is 5.01. The maximum Gasteiger partial charge on any atom is 0.293 e. The quantitative estimate of drug-likeness (QED) is 0.751. The Labute approximate surface area is 102 Å². The summed E-state index contributed by atoms with van der Waals surface area (Å²) in [5, 5.41) is 0. The number of benzene rings is 1. The standard InChI is InChI=1S/C14H19NO2/c1-11-3-4-14(12(2)9-11)15-7-5-13(6-8-15)17-10-16/h3-4,9-10,13H,5-8H2,1-2H3. The van der Waals surface area contributed by atoms with Crippen LogP contribution < -0.4 is 4.90 Å². The fourth-order valence-corrected chi connectivity index (χ4v) is 2.47. The van der Waals surface area contributed by atoms with Crippen molar-refractivity contribution in [2.75, 3.05) is 18.0 Å². The van der Waals surface area contributed by atoms with E-state index in [-0.39, 0.29) is 6.10 Å². The maximum atomic E-state index is 10.3. The summed E-state index contributed by atoms with van der Waals surface area (Å²) in [5.41, 5.74) is 3.92. The normalized spacial score (nSPS) is 16.9. The molecule has 0 unspecified atom stereocenters. The number of aryl methyl sites for hydroxylation is 2. The van der Waals surface area contributed by atoms with E-state index in [9.17, 15) is 4.79 Å². The average Bonchev–Trinajstić information content (AvgIpc) is 2.31. The molecule has 0 spiro atoms. The molecule has 1 aromatic rings. The molecule has 0 aliphatic carbocycles. The Morgan fingerprint density at radius 1 is 1.29 bits per heavy atom. The molecule has 0 bridgehead atoms. The van der Waals surface area contributed by atoms with E-state index < -0.39 is 0 Å². The fraction of sp³-hybridized carbons (Fsp3) is 0.500. The molecule has 1 heterocycles. The van der Waals surface area contributed by atoms with Crippen LogP contribution in [-0.2, 0) is 9.53 Å². The van der Waals surface area contributed by atoms with Crippen LogP contribution in [-0.4, -0.2) is 25.7 Å². The summed E-state index contributed by atoms with van der Waals surface area (Å²) in [7, 11) is 0. The van der Waals surface area contributed by atoms with Crippen molar-refractivity contribution in [3.8, 4) is 0 Å². The van der Waals surface area contributed by atoms with Crippen LogP contribution >= 0.6 is 0 Å². The molecule has 2 rings (SSSR count). The van der Waals surface area contributed by atoms with E-state index in [1.807, 2.05) is 0 Å². The van der Waals surface area contributed by atoms with E-state index in [2.05, 4.69) is 36.9 Å². The van der Waals surface area contributed by atoms with Gasteiger partial charge in [0.25, 0.3) is 6.47 Å². The lowest BCUT2D eigenvalue weighted by atomic mass is 10.0. The number of anilines is 1. The van der Waals surface area contributed by atoms with Crippen LogP contribution in [0.1, 0.15) is 24.0 Å². The lowest BCUT2D eigenvalue weighted by Gasteiger charge is -2.33. The smallest absolute Gasteiger partial charge is 0.293 e. The summed E-state index contributed by atoms with van der Waals surface area (Å²) in [6.45, 7) is 6.75. The van der Waals surface area contributed by atoms with Crippen LogP contribution in [0.15, 0.2) is 18.2 Å². The predicted molar refractivity (Wildman–Crippen MR) is 68.3 cm³/mol. The van der Waals surface area contributed by atoms with Crippen LogP contribution in [0.2, 0.25) is 0 Å². The molecule has 1 aliphatic heterocycles. The number of carbonyl (C=O) groups is 1. The van der Waals surface area contributed by atoms with Gasteiger partial charge in [-0.05, 0) is 25.5 Å². The summed E-state index contributed by atoms with van der Waals surface area (Å²) in [5.74, 6) is 0. The summed E-state index contributed by atoms with van der Waals surface area (Å²) in [6, 6.07) is 6.55. The molecule has 1 aromatic carbocycles. The minimum atomic E-state index is 0.106. The molecule has 0 aromatic heterocycles. The zero-order valence-electron chi connectivity index (χ0n) is 10.5. The zero-order chi connectivity index (χ0) is 12.3. The van der Waals surface area contributed by atoms with Crippen molar-refractivity contribution in [3.05, 3.63) is 29.3 Å². The molecule has 17 heavy (non-hydrogen) atoms. The van der Waals surface area contributed by atoms with Crippen molar-refractivity contribution in [2.24, 2.45) is 0 Å². The molecule has 3 nitrogen and oxygen atoms in total. The monoisotopic (exact) mass is 233 g/mol. The van der Waals surface area contributed by atoms with Crippen LogP contribution in [0.5, 0.6) is 0 Å². The Morgan fingerprint density at radius 2 is 2.00 bits per heavy atom. The SMILES string of the molecule is Cc1ccc(N2CCC(OC=O)CC2)c(C)c1. The number of piperidine rings is 1. The van der Waals surface area contributed by atoms with Crippen LogP contribution in [0.4, 0.5) is 5.69 Å². The molecule has 0 amide bonds. The van der Waals surface area contributed by atoms with Gasteiger partial charge in [0.1, 0.15) is 6.10 Å². The van der Waals surface area contributed by atoms with Gasteiger partial charge in [0.15, 0.2) is 0 Å². The highest BCUT2D eigenvalue weighted by molar-refractivity contribution is 5.54. The molecular weight excluding hydrogens is 214 g/mol. The number of rotatable bonds is 3. The highest BCUT2D eigenvalue weighted by atomic mass is 16.5. The first-order valence-corrected chi connectivity index (χ1v) is 6.12. The molecule has 1 fully saturated rings. The second kappa shape index (κ2) is 5.21.